The second-order valence-electron chi connectivity index (χ2n) is 4.45. The predicted molar refractivity (Wildman–Crippen MR) is 75.1 cm³/mol. The molecule has 0 aliphatic rings. The molecule has 0 aliphatic heterocycles. The summed E-state index contributed by atoms with van der Waals surface area (Å²) in [6.45, 7) is 4.59. The van der Waals surface area contributed by atoms with Crippen molar-refractivity contribution >= 4 is 11.6 Å². The van der Waals surface area contributed by atoms with E-state index in [9.17, 15) is 4.79 Å². The molecule has 6 heteroatoms. The Morgan fingerprint density at radius 1 is 1.47 bits per heavy atom. The number of nitrogens with zero attached hydrogens (tertiary/aromatic N) is 2. The second kappa shape index (κ2) is 5.95. The van der Waals surface area contributed by atoms with Crippen molar-refractivity contribution in [2.24, 2.45) is 0 Å². The summed E-state index contributed by atoms with van der Waals surface area (Å²) in [4.78, 5) is 22.8. The molecule has 0 aromatic carbocycles. The van der Waals surface area contributed by atoms with Crippen molar-refractivity contribution < 1.29 is 0 Å². The minimum absolute atomic E-state index is 0.215. The highest BCUT2D eigenvalue weighted by Crippen LogP contribution is 2.20. The van der Waals surface area contributed by atoms with Crippen molar-refractivity contribution in [2.45, 2.75) is 26.4 Å². The van der Waals surface area contributed by atoms with E-state index in [1.54, 1.807) is 18.3 Å². The van der Waals surface area contributed by atoms with Crippen molar-refractivity contribution in [3.63, 3.8) is 0 Å². The molecule has 0 bridgehead atoms. The molecule has 19 heavy (non-hydrogen) atoms. The maximum atomic E-state index is 11.6. The molecule has 2 aromatic rings. The molecule has 0 spiro atoms. The molecule has 100 valence electrons. The molecule has 0 saturated carbocycles. The molecule has 0 fully saturated rings. The number of H-pyrrole nitrogens is 1. The van der Waals surface area contributed by atoms with Gasteiger partial charge in [-0.1, -0.05) is 25.4 Å². The molecule has 0 radical (unpaired) electrons. The molecule has 0 saturated heterocycles. The van der Waals surface area contributed by atoms with Crippen LogP contribution in [-0.2, 0) is 6.54 Å². The van der Waals surface area contributed by atoms with Crippen molar-refractivity contribution in [2.75, 3.05) is 0 Å². The monoisotopic (exact) mass is 278 g/mol. The summed E-state index contributed by atoms with van der Waals surface area (Å²) in [5, 5.41) is 3.67. The van der Waals surface area contributed by atoms with Crippen LogP contribution in [0.5, 0.6) is 0 Å². The summed E-state index contributed by atoms with van der Waals surface area (Å²) >= 11 is 6.05. The number of hydrogen-bond acceptors (Lipinski definition) is 4. The molecule has 2 N–H and O–H groups in total. The molecule has 0 aliphatic carbocycles. The number of rotatable bonds is 4. The number of nitrogens with one attached hydrogen (secondary N) is 2. The molecule has 0 atom stereocenters. The average Bonchev–Trinajstić information content (AvgIpc) is 2.36. The smallest absolute Gasteiger partial charge is 0.251 e. The highest BCUT2D eigenvalue weighted by molar-refractivity contribution is 6.32. The molecule has 2 aromatic heterocycles. The fourth-order valence-corrected chi connectivity index (χ4v) is 1.79. The zero-order valence-electron chi connectivity index (χ0n) is 10.8. The highest BCUT2D eigenvalue weighted by atomic mass is 35.5. The number of halogens is 1. The number of pyridine rings is 1. The lowest BCUT2D eigenvalue weighted by Crippen LogP contribution is -2.24. The van der Waals surface area contributed by atoms with Gasteiger partial charge in [0.2, 0.25) is 0 Å². The second-order valence-corrected chi connectivity index (χ2v) is 4.86. The summed E-state index contributed by atoms with van der Waals surface area (Å²) < 4.78 is 0. The Morgan fingerprint density at radius 3 is 2.95 bits per heavy atom. The van der Waals surface area contributed by atoms with E-state index in [0.29, 0.717) is 34.8 Å². The van der Waals surface area contributed by atoms with Gasteiger partial charge in [0.25, 0.3) is 5.56 Å². The topological polar surface area (TPSA) is 70.7 Å². The standard InChI is InChI=1S/C13H15ClN4O/c1-8(2)16-7-9-6-11(19)18-13(17-9)12-10(14)4-3-5-15-12/h3-6,8,16H,7H2,1-2H3,(H,17,18,19). The third-order valence-electron chi connectivity index (χ3n) is 2.47. The predicted octanol–water partition coefficient (Wildman–Crippen LogP) is 1.98. The van der Waals surface area contributed by atoms with Crippen LogP contribution < -0.4 is 10.9 Å². The zero-order chi connectivity index (χ0) is 13.8. The lowest BCUT2D eigenvalue weighted by atomic mass is 10.3. The van der Waals surface area contributed by atoms with E-state index in [-0.39, 0.29) is 5.56 Å². The van der Waals surface area contributed by atoms with Gasteiger partial charge in [0.05, 0.1) is 10.7 Å². The average molecular weight is 279 g/mol. The van der Waals surface area contributed by atoms with Crippen LogP contribution in [0.25, 0.3) is 11.5 Å². The molecule has 2 heterocycles. The van der Waals surface area contributed by atoms with Gasteiger partial charge in [0.15, 0.2) is 5.82 Å². The minimum atomic E-state index is -0.215. The van der Waals surface area contributed by atoms with Crippen LogP contribution in [0, 0.1) is 0 Å². The Kier molecular flexibility index (Phi) is 4.29. The van der Waals surface area contributed by atoms with E-state index in [1.807, 2.05) is 13.8 Å². The lowest BCUT2D eigenvalue weighted by Gasteiger charge is -2.08. The van der Waals surface area contributed by atoms with Gasteiger partial charge in [0.1, 0.15) is 5.69 Å². The first-order valence-electron chi connectivity index (χ1n) is 6.01. The van der Waals surface area contributed by atoms with Gasteiger partial charge >= 0.3 is 0 Å². The summed E-state index contributed by atoms with van der Waals surface area (Å²) in [5.41, 5.74) is 0.925. The fourth-order valence-electron chi connectivity index (χ4n) is 1.58. The van der Waals surface area contributed by atoms with E-state index in [1.165, 1.54) is 6.07 Å². The Hall–Kier alpha value is -1.72. The van der Waals surface area contributed by atoms with Crippen molar-refractivity contribution in [3.05, 3.63) is 45.5 Å². The molecule has 0 amide bonds. The van der Waals surface area contributed by atoms with Gasteiger partial charge in [-0.25, -0.2) is 4.98 Å². The largest absolute Gasteiger partial charge is 0.309 e. The first-order valence-corrected chi connectivity index (χ1v) is 6.38. The first-order chi connectivity index (χ1) is 9.06. The molecule has 2 rings (SSSR count). The van der Waals surface area contributed by atoms with Crippen LogP contribution in [0.4, 0.5) is 0 Å². The van der Waals surface area contributed by atoms with Crippen LogP contribution in [0.15, 0.2) is 29.2 Å². The fraction of sp³-hybridized carbons (Fsp3) is 0.308. The summed E-state index contributed by atoms with van der Waals surface area (Å²) in [6, 6.07) is 5.23. The Bertz CT molecular complexity index is 624. The van der Waals surface area contributed by atoms with E-state index in [4.69, 9.17) is 11.6 Å². The third kappa shape index (κ3) is 3.62. The van der Waals surface area contributed by atoms with Gasteiger partial charge in [-0.05, 0) is 12.1 Å². The zero-order valence-corrected chi connectivity index (χ0v) is 11.5. The SMILES string of the molecule is CC(C)NCc1cc(=O)[nH]c(-c2ncccc2Cl)n1. The van der Waals surface area contributed by atoms with Crippen LogP contribution in [0.1, 0.15) is 19.5 Å². The number of hydrogen-bond donors (Lipinski definition) is 2. The van der Waals surface area contributed by atoms with Crippen molar-refractivity contribution in [1.82, 2.24) is 20.3 Å². The number of aromatic nitrogens is 3. The third-order valence-corrected chi connectivity index (χ3v) is 2.77. The molecule has 0 unspecified atom stereocenters. The minimum Gasteiger partial charge on any atom is -0.309 e. The lowest BCUT2D eigenvalue weighted by molar-refractivity contribution is 0.580. The van der Waals surface area contributed by atoms with Gasteiger partial charge in [-0.15, -0.1) is 0 Å². The van der Waals surface area contributed by atoms with Crippen LogP contribution in [0.2, 0.25) is 5.02 Å². The van der Waals surface area contributed by atoms with Crippen molar-refractivity contribution in [3.8, 4) is 11.5 Å². The van der Waals surface area contributed by atoms with Crippen molar-refractivity contribution in [1.29, 1.82) is 0 Å². The molecular formula is C13H15ClN4O. The Labute approximate surface area is 116 Å². The van der Waals surface area contributed by atoms with Crippen LogP contribution in [0.3, 0.4) is 0 Å². The van der Waals surface area contributed by atoms with E-state index in [2.05, 4.69) is 20.3 Å². The van der Waals surface area contributed by atoms with Gasteiger partial charge < -0.3 is 10.3 Å². The normalized spacial score (nSPS) is 10.9. The molecule has 5 nitrogen and oxygen atoms in total. The molecular weight excluding hydrogens is 264 g/mol. The highest BCUT2D eigenvalue weighted by Gasteiger charge is 2.09. The maximum absolute atomic E-state index is 11.6. The first kappa shape index (κ1) is 13.7. The van der Waals surface area contributed by atoms with Gasteiger partial charge in [-0.3, -0.25) is 9.78 Å². The quantitative estimate of drug-likeness (QED) is 0.897. The Balaban J connectivity index is 2.37. The summed E-state index contributed by atoms with van der Waals surface area (Å²) in [6.07, 6.45) is 1.61. The van der Waals surface area contributed by atoms with E-state index >= 15 is 0 Å². The van der Waals surface area contributed by atoms with E-state index < -0.39 is 0 Å². The van der Waals surface area contributed by atoms with Gasteiger partial charge in [-0.2, -0.15) is 0 Å². The summed E-state index contributed by atoms with van der Waals surface area (Å²) in [7, 11) is 0. The van der Waals surface area contributed by atoms with Crippen LogP contribution in [-0.4, -0.2) is 21.0 Å². The van der Waals surface area contributed by atoms with Crippen LogP contribution >= 0.6 is 11.6 Å². The summed E-state index contributed by atoms with van der Waals surface area (Å²) in [5.74, 6) is 0.388. The number of aromatic amines is 1. The van der Waals surface area contributed by atoms with Gasteiger partial charge in [0, 0.05) is 24.8 Å². The van der Waals surface area contributed by atoms with E-state index in [0.717, 1.165) is 0 Å². The maximum Gasteiger partial charge on any atom is 0.251 e. The Morgan fingerprint density at radius 2 is 2.26 bits per heavy atom.